The van der Waals surface area contributed by atoms with E-state index < -0.39 is 21.5 Å². The van der Waals surface area contributed by atoms with Crippen molar-refractivity contribution in [2.24, 2.45) is 0 Å². The fraction of sp³-hybridized carbons (Fsp3) is 0.368. The summed E-state index contributed by atoms with van der Waals surface area (Å²) in [5.41, 5.74) is 1.90. The van der Waals surface area contributed by atoms with Crippen molar-refractivity contribution < 1.29 is 22.7 Å². The minimum atomic E-state index is -3.64. The van der Waals surface area contributed by atoms with Crippen molar-refractivity contribution in [3.63, 3.8) is 0 Å². The van der Waals surface area contributed by atoms with Gasteiger partial charge in [-0.2, -0.15) is 0 Å². The first-order valence-electron chi connectivity index (χ1n) is 8.69. The third-order valence-corrected chi connectivity index (χ3v) is 5.11. The van der Waals surface area contributed by atoms with Crippen molar-refractivity contribution >= 4 is 15.7 Å². The van der Waals surface area contributed by atoms with E-state index in [1.165, 1.54) is 12.3 Å². The Labute approximate surface area is 164 Å². The van der Waals surface area contributed by atoms with E-state index in [4.69, 9.17) is 4.42 Å². The van der Waals surface area contributed by atoms with Gasteiger partial charge in [0, 0.05) is 24.9 Å². The summed E-state index contributed by atoms with van der Waals surface area (Å²) in [5, 5.41) is 12.3. The molecule has 2 N–H and O–H groups in total. The Bertz CT molecular complexity index is 905. The molecule has 0 aliphatic rings. The summed E-state index contributed by atoms with van der Waals surface area (Å²) in [6.07, 6.45) is 5.03. The number of hydrogen-bond acceptors (Lipinski definition) is 7. The van der Waals surface area contributed by atoms with Crippen LogP contribution in [0.5, 0.6) is 0 Å². The molecule has 0 saturated heterocycles. The molecule has 0 saturated carbocycles. The monoisotopic (exact) mass is 407 g/mol. The lowest BCUT2D eigenvalue weighted by molar-refractivity contribution is -0.118. The van der Waals surface area contributed by atoms with Crippen molar-refractivity contribution in [2.75, 3.05) is 26.4 Å². The number of aliphatic hydroxyl groups excluding tert-OH is 1. The van der Waals surface area contributed by atoms with Gasteiger partial charge in [-0.1, -0.05) is 0 Å². The van der Waals surface area contributed by atoms with Crippen molar-refractivity contribution in [1.29, 1.82) is 0 Å². The third kappa shape index (κ3) is 7.93. The van der Waals surface area contributed by atoms with Gasteiger partial charge >= 0.3 is 0 Å². The first-order chi connectivity index (χ1) is 13.2. The maximum Gasteiger partial charge on any atom is 0.235 e. The Morgan fingerprint density at radius 2 is 2.14 bits per heavy atom. The number of rotatable bonds is 10. The van der Waals surface area contributed by atoms with Gasteiger partial charge in [-0.3, -0.25) is 9.78 Å². The van der Waals surface area contributed by atoms with Crippen LogP contribution in [-0.4, -0.2) is 55.7 Å². The van der Waals surface area contributed by atoms with Gasteiger partial charge in [0.05, 0.1) is 12.8 Å². The summed E-state index contributed by atoms with van der Waals surface area (Å²) < 4.78 is 28.9. The van der Waals surface area contributed by atoms with Crippen LogP contribution in [0.15, 0.2) is 53.0 Å². The Balaban J connectivity index is 1.81. The van der Waals surface area contributed by atoms with Crippen LogP contribution in [0.3, 0.4) is 0 Å². The molecule has 8 nitrogen and oxygen atoms in total. The van der Waals surface area contributed by atoms with E-state index in [1.807, 2.05) is 31.1 Å². The molecule has 9 heteroatoms. The van der Waals surface area contributed by atoms with Gasteiger partial charge in [0.15, 0.2) is 9.84 Å². The highest BCUT2D eigenvalue weighted by atomic mass is 32.2. The van der Waals surface area contributed by atoms with Gasteiger partial charge in [-0.25, -0.2) is 8.42 Å². The number of nitrogens with zero attached hydrogens (tertiary/aromatic N) is 2. The Morgan fingerprint density at radius 3 is 2.82 bits per heavy atom. The fourth-order valence-corrected chi connectivity index (χ4v) is 3.70. The molecule has 0 unspecified atom stereocenters. The summed E-state index contributed by atoms with van der Waals surface area (Å²) in [5.74, 6) is -1.48. The standard InChI is InChI=1S/C19H25N3O5S/c1-22(2)12-15-7-8-20-16(10-15)5-6-17(23)11-21-19(24)14-28(25,26)13-18-4-3-9-27-18/h3-4,6-10,23H,5,11-14H2,1-2H3,(H,21,24). The number of allylic oxidation sites excluding steroid dienone is 1. The number of nitrogens with one attached hydrogen (secondary N) is 1. The molecule has 2 heterocycles. The summed E-state index contributed by atoms with van der Waals surface area (Å²) >= 11 is 0. The molecule has 2 aromatic rings. The lowest BCUT2D eigenvalue weighted by Crippen LogP contribution is -2.32. The summed E-state index contributed by atoms with van der Waals surface area (Å²) in [6, 6.07) is 6.99. The number of aliphatic hydroxyl groups is 1. The smallest absolute Gasteiger partial charge is 0.235 e. The minimum Gasteiger partial charge on any atom is -0.511 e. The lowest BCUT2D eigenvalue weighted by Gasteiger charge is -2.10. The zero-order valence-electron chi connectivity index (χ0n) is 16.0. The van der Waals surface area contributed by atoms with Crippen LogP contribution >= 0.6 is 0 Å². The summed E-state index contributed by atoms with van der Waals surface area (Å²) in [6.45, 7) is 0.639. The van der Waals surface area contributed by atoms with Gasteiger partial charge in [0.1, 0.15) is 23.0 Å². The quantitative estimate of drug-likeness (QED) is 0.573. The SMILES string of the molecule is CN(C)Cc1ccnc(CC=C(O)CNC(=O)CS(=O)(=O)Cc2ccco2)c1. The maximum absolute atomic E-state index is 12.0. The molecule has 0 aromatic carbocycles. The number of pyridine rings is 1. The maximum atomic E-state index is 12.0. The van der Waals surface area contributed by atoms with E-state index in [0.717, 1.165) is 17.8 Å². The predicted molar refractivity (Wildman–Crippen MR) is 105 cm³/mol. The molecule has 28 heavy (non-hydrogen) atoms. The zero-order valence-corrected chi connectivity index (χ0v) is 16.8. The molecule has 0 fully saturated rings. The predicted octanol–water partition coefficient (Wildman–Crippen LogP) is 1.45. The molecule has 1 amide bonds. The molecule has 0 radical (unpaired) electrons. The van der Waals surface area contributed by atoms with Crippen LogP contribution in [0.1, 0.15) is 17.0 Å². The van der Waals surface area contributed by atoms with Crippen molar-refractivity contribution in [2.45, 2.75) is 18.7 Å². The number of hydrogen-bond donors (Lipinski definition) is 2. The average Bonchev–Trinajstić information content (AvgIpc) is 3.09. The van der Waals surface area contributed by atoms with E-state index in [1.54, 1.807) is 18.3 Å². The molecular weight excluding hydrogens is 382 g/mol. The van der Waals surface area contributed by atoms with Gasteiger partial charge in [0.25, 0.3) is 0 Å². The number of carbonyl (C=O) groups is 1. The second-order valence-electron chi connectivity index (χ2n) is 6.68. The summed E-state index contributed by atoms with van der Waals surface area (Å²) in [7, 11) is 0.308. The van der Waals surface area contributed by atoms with E-state index >= 15 is 0 Å². The topological polar surface area (TPSA) is 113 Å². The fourth-order valence-electron chi connectivity index (χ4n) is 2.50. The Morgan fingerprint density at radius 1 is 1.36 bits per heavy atom. The van der Waals surface area contributed by atoms with Crippen LogP contribution in [0.2, 0.25) is 0 Å². The van der Waals surface area contributed by atoms with Crippen molar-refractivity contribution in [1.82, 2.24) is 15.2 Å². The molecule has 0 aliphatic heterocycles. The second kappa shape index (κ2) is 10.0. The molecule has 0 bridgehead atoms. The molecule has 152 valence electrons. The first-order valence-corrected chi connectivity index (χ1v) is 10.5. The van der Waals surface area contributed by atoms with Crippen LogP contribution in [0.25, 0.3) is 0 Å². The minimum absolute atomic E-state index is 0.0587. The van der Waals surface area contributed by atoms with Gasteiger partial charge in [-0.15, -0.1) is 0 Å². The van der Waals surface area contributed by atoms with Gasteiger partial charge < -0.3 is 19.7 Å². The average molecular weight is 407 g/mol. The van der Waals surface area contributed by atoms with E-state index in [-0.39, 0.29) is 23.8 Å². The number of carbonyl (C=O) groups excluding carboxylic acids is 1. The van der Waals surface area contributed by atoms with E-state index in [0.29, 0.717) is 6.42 Å². The van der Waals surface area contributed by atoms with Crippen LogP contribution in [-0.2, 0) is 33.4 Å². The largest absolute Gasteiger partial charge is 0.511 e. The molecular formula is C19H25N3O5S. The normalized spacial score (nSPS) is 12.3. The van der Waals surface area contributed by atoms with Gasteiger partial charge in [-0.05, 0) is 50.0 Å². The molecule has 2 rings (SSSR count). The number of amides is 1. The number of sulfone groups is 1. The Kier molecular flexibility index (Phi) is 7.77. The van der Waals surface area contributed by atoms with E-state index in [2.05, 4.69) is 10.3 Å². The molecule has 0 aliphatic carbocycles. The van der Waals surface area contributed by atoms with E-state index in [9.17, 15) is 18.3 Å². The lowest BCUT2D eigenvalue weighted by atomic mass is 10.2. The first kappa shape index (κ1) is 21.6. The highest BCUT2D eigenvalue weighted by molar-refractivity contribution is 7.91. The second-order valence-corrected chi connectivity index (χ2v) is 8.75. The molecule has 0 spiro atoms. The number of aromatic nitrogens is 1. The van der Waals surface area contributed by atoms with Crippen LogP contribution < -0.4 is 5.32 Å². The highest BCUT2D eigenvalue weighted by Gasteiger charge is 2.18. The molecule has 0 atom stereocenters. The summed E-state index contributed by atoms with van der Waals surface area (Å²) in [4.78, 5) is 18.1. The van der Waals surface area contributed by atoms with Crippen LogP contribution in [0, 0.1) is 0 Å². The van der Waals surface area contributed by atoms with Gasteiger partial charge in [0.2, 0.25) is 5.91 Å². The Hall–Kier alpha value is -2.65. The van der Waals surface area contributed by atoms with Crippen molar-refractivity contribution in [3.05, 3.63) is 65.6 Å². The highest BCUT2D eigenvalue weighted by Crippen LogP contribution is 2.08. The van der Waals surface area contributed by atoms with Crippen molar-refractivity contribution in [3.8, 4) is 0 Å². The van der Waals surface area contributed by atoms with Crippen LogP contribution in [0.4, 0.5) is 0 Å². The third-order valence-electron chi connectivity index (χ3n) is 3.69. The molecule has 2 aromatic heterocycles. The number of furan rings is 1. The zero-order chi connectivity index (χ0) is 20.6.